The third kappa shape index (κ3) is 2.49. The van der Waals surface area contributed by atoms with Crippen LogP contribution in [0.5, 0.6) is 11.6 Å². The van der Waals surface area contributed by atoms with E-state index in [1.807, 2.05) is 13.8 Å². The minimum atomic E-state index is -0.872. The summed E-state index contributed by atoms with van der Waals surface area (Å²) in [4.78, 5) is 4.32. The van der Waals surface area contributed by atoms with Crippen molar-refractivity contribution in [3.8, 4) is 17.7 Å². The predicted octanol–water partition coefficient (Wildman–Crippen LogP) is 1.58. The molecule has 2 heterocycles. The number of aromatic nitrogens is 1. The summed E-state index contributed by atoms with van der Waals surface area (Å²) in [5.74, 6) is 0.860. The quantitative estimate of drug-likeness (QED) is 0.845. The lowest BCUT2D eigenvalue weighted by Gasteiger charge is -2.10. The Labute approximate surface area is 122 Å². The number of ether oxygens (including phenoxy) is 1. The fourth-order valence-electron chi connectivity index (χ4n) is 2.22. The summed E-state index contributed by atoms with van der Waals surface area (Å²) in [6.45, 7) is 4.12. The molecule has 0 fully saturated rings. The van der Waals surface area contributed by atoms with E-state index in [0.29, 0.717) is 23.8 Å². The number of fused-ring (bicyclic) bond motifs is 1. The maximum atomic E-state index is 9.59. The van der Waals surface area contributed by atoms with Crippen molar-refractivity contribution in [1.29, 1.82) is 5.26 Å². The first kappa shape index (κ1) is 13.6. The third-order valence-electron chi connectivity index (χ3n) is 3.54. The van der Waals surface area contributed by atoms with Crippen LogP contribution < -0.4 is 10.2 Å². The molecule has 1 aromatic carbocycles. The molecular weight excluding hydrogens is 267 g/mol. The third-order valence-corrected chi connectivity index (χ3v) is 3.54. The van der Waals surface area contributed by atoms with Crippen LogP contribution >= 0.6 is 0 Å². The molecule has 21 heavy (non-hydrogen) atoms. The molecular formula is C15H13BN2O3. The Morgan fingerprint density at radius 3 is 2.95 bits per heavy atom. The van der Waals surface area contributed by atoms with Gasteiger partial charge in [-0.3, -0.25) is 0 Å². The Morgan fingerprint density at radius 2 is 2.19 bits per heavy atom. The molecule has 2 aromatic rings. The van der Waals surface area contributed by atoms with Gasteiger partial charge in [-0.1, -0.05) is 6.07 Å². The molecule has 1 aliphatic heterocycles. The molecule has 0 aliphatic carbocycles. The van der Waals surface area contributed by atoms with Crippen molar-refractivity contribution in [2.24, 2.45) is 0 Å². The van der Waals surface area contributed by atoms with Gasteiger partial charge in [-0.15, -0.1) is 0 Å². The largest absolute Gasteiger partial charge is 0.491 e. The smallest absolute Gasteiger partial charge is 0.438 e. The topological polar surface area (TPSA) is 75.4 Å². The maximum Gasteiger partial charge on any atom is 0.491 e. The average molecular weight is 280 g/mol. The van der Waals surface area contributed by atoms with Gasteiger partial charge in [0.25, 0.3) is 0 Å². The van der Waals surface area contributed by atoms with Crippen LogP contribution in [-0.4, -0.2) is 17.1 Å². The molecule has 1 aromatic heterocycles. The molecule has 3 rings (SSSR count). The van der Waals surface area contributed by atoms with Crippen molar-refractivity contribution in [3.05, 3.63) is 46.6 Å². The Hall–Kier alpha value is -2.36. The number of nitrogens with zero attached hydrogens (tertiary/aromatic N) is 2. The second-order valence-corrected chi connectivity index (χ2v) is 4.98. The first-order valence-electron chi connectivity index (χ1n) is 6.57. The summed E-state index contributed by atoms with van der Waals surface area (Å²) in [5.41, 5.74) is 3.79. The van der Waals surface area contributed by atoms with E-state index in [4.69, 9.17) is 9.39 Å². The molecule has 5 nitrogen and oxygen atoms in total. The minimum Gasteiger partial charge on any atom is -0.438 e. The van der Waals surface area contributed by atoms with Gasteiger partial charge in [-0.05, 0) is 48.6 Å². The molecule has 0 spiro atoms. The van der Waals surface area contributed by atoms with E-state index >= 15 is 0 Å². The summed E-state index contributed by atoms with van der Waals surface area (Å²) in [6.07, 6.45) is 0. The molecule has 1 aliphatic rings. The van der Waals surface area contributed by atoms with Gasteiger partial charge in [0.2, 0.25) is 5.88 Å². The highest BCUT2D eigenvalue weighted by Crippen LogP contribution is 2.26. The van der Waals surface area contributed by atoms with Crippen LogP contribution in [0.4, 0.5) is 0 Å². The van der Waals surface area contributed by atoms with E-state index in [1.165, 1.54) is 0 Å². The molecule has 0 atom stereocenters. The lowest BCUT2D eigenvalue weighted by molar-refractivity contribution is 0.275. The Morgan fingerprint density at radius 1 is 1.38 bits per heavy atom. The van der Waals surface area contributed by atoms with Crippen LogP contribution in [0.15, 0.2) is 24.3 Å². The molecule has 0 saturated heterocycles. The number of hydrogen-bond acceptors (Lipinski definition) is 5. The van der Waals surface area contributed by atoms with Crippen LogP contribution in [0, 0.1) is 25.2 Å². The zero-order valence-electron chi connectivity index (χ0n) is 11.8. The van der Waals surface area contributed by atoms with Crippen LogP contribution in [0.3, 0.4) is 0 Å². The fraction of sp³-hybridized carbons (Fsp3) is 0.200. The summed E-state index contributed by atoms with van der Waals surface area (Å²) in [5, 5.41) is 18.8. The normalized spacial score (nSPS) is 13.0. The van der Waals surface area contributed by atoms with Crippen LogP contribution in [0.1, 0.15) is 22.4 Å². The van der Waals surface area contributed by atoms with Gasteiger partial charge in [-0.25, -0.2) is 4.98 Å². The highest BCUT2D eigenvalue weighted by atomic mass is 16.5. The summed E-state index contributed by atoms with van der Waals surface area (Å²) in [6, 6.07) is 9.14. The summed E-state index contributed by atoms with van der Waals surface area (Å²) < 4.78 is 10.9. The van der Waals surface area contributed by atoms with Gasteiger partial charge in [0.1, 0.15) is 17.4 Å². The molecule has 0 amide bonds. The van der Waals surface area contributed by atoms with Gasteiger partial charge in [-0.2, -0.15) is 5.26 Å². The van der Waals surface area contributed by atoms with E-state index in [2.05, 4.69) is 11.1 Å². The van der Waals surface area contributed by atoms with E-state index in [9.17, 15) is 10.3 Å². The molecule has 1 N–H and O–H groups in total. The minimum absolute atomic E-state index is 0.292. The lowest BCUT2D eigenvalue weighted by Crippen LogP contribution is -2.27. The Kier molecular flexibility index (Phi) is 3.38. The van der Waals surface area contributed by atoms with Crippen LogP contribution in [0.25, 0.3) is 0 Å². The number of aryl methyl sites for hydroxylation is 2. The van der Waals surface area contributed by atoms with Gasteiger partial charge in [0.15, 0.2) is 0 Å². The highest BCUT2D eigenvalue weighted by molar-refractivity contribution is 6.61. The highest BCUT2D eigenvalue weighted by Gasteiger charge is 2.27. The first-order valence-corrected chi connectivity index (χ1v) is 6.57. The first-order chi connectivity index (χ1) is 10.1. The number of hydrogen-bond donors (Lipinski definition) is 1. The van der Waals surface area contributed by atoms with E-state index in [-0.39, 0.29) is 0 Å². The number of nitriles is 1. The van der Waals surface area contributed by atoms with E-state index < -0.39 is 7.12 Å². The Balaban J connectivity index is 1.95. The predicted molar refractivity (Wildman–Crippen MR) is 77.3 cm³/mol. The molecule has 104 valence electrons. The van der Waals surface area contributed by atoms with Crippen molar-refractivity contribution in [3.63, 3.8) is 0 Å². The monoisotopic (exact) mass is 280 g/mol. The standard InChI is InChI=1S/C15H13BN2O3/c1-9-5-11(7-17)15(18-10(9)2)21-13-3-4-14-12(6-13)8-20-16(14)19/h3-6,19H,8H2,1-2H3. The number of pyridine rings is 1. The maximum absolute atomic E-state index is 9.59. The molecule has 0 radical (unpaired) electrons. The van der Waals surface area contributed by atoms with Crippen molar-refractivity contribution in [2.45, 2.75) is 20.5 Å². The molecule has 0 bridgehead atoms. The fourth-order valence-corrected chi connectivity index (χ4v) is 2.22. The molecule has 6 heteroatoms. The Bertz CT molecular complexity index is 755. The van der Waals surface area contributed by atoms with E-state index in [1.54, 1.807) is 24.3 Å². The van der Waals surface area contributed by atoms with Crippen LogP contribution in [0.2, 0.25) is 0 Å². The second-order valence-electron chi connectivity index (χ2n) is 4.98. The van der Waals surface area contributed by atoms with Crippen molar-refractivity contribution < 1.29 is 14.4 Å². The van der Waals surface area contributed by atoms with E-state index in [0.717, 1.165) is 22.3 Å². The number of rotatable bonds is 2. The summed E-state index contributed by atoms with van der Waals surface area (Å²) >= 11 is 0. The zero-order valence-corrected chi connectivity index (χ0v) is 11.8. The second kappa shape index (κ2) is 5.21. The van der Waals surface area contributed by atoms with Crippen molar-refractivity contribution in [1.82, 2.24) is 4.98 Å². The lowest BCUT2D eigenvalue weighted by atomic mass is 9.80. The van der Waals surface area contributed by atoms with Gasteiger partial charge in [0.05, 0.1) is 6.61 Å². The van der Waals surface area contributed by atoms with Crippen molar-refractivity contribution >= 4 is 12.6 Å². The van der Waals surface area contributed by atoms with Crippen molar-refractivity contribution in [2.75, 3.05) is 0 Å². The molecule has 0 saturated carbocycles. The SMILES string of the molecule is Cc1cc(C#N)c(Oc2ccc3c(c2)COB3O)nc1C. The van der Waals surface area contributed by atoms with Crippen LogP contribution in [-0.2, 0) is 11.3 Å². The summed E-state index contributed by atoms with van der Waals surface area (Å²) in [7, 11) is -0.872. The van der Waals surface area contributed by atoms with Gasteiger partial charge < -0.3 is 14.4 Å². The van der Waals surface area contributed by atoms with Gasteiger partial charge >= 0.3 is 7.12 Å². The molecule has 0 unspecified atom stereocenters. The number of benzene rings is 1. The zero-order chi connectivity index (χ0) is 15.0. The van der Waals surface area contributed by atoms with Gasteiger partial charge in [0, 0.05) is 5.69 Å². The average Bonchev–Trinajstić information content (AvgIpc) is 2.84.